The Morgan fingerprint density at radius 1 is 1.30 bits per heavy atom. The Kier molecular flexibility index (Phi) is 4.61. The van der Waals surface area contributed by atoms with Crippen LogP contribution in [0.5, 0.6) is 5.88 Å². The van der Waals surface area contributed by atoms with Crippen molar-refractivity contribution in [2.24, 2.45) is 16.8 Å². The van der Waals surface area contributed by atoms with Crippen LogP contribution in [0, 0.1) is 18.8 Å². The maximum Gasteiger partial charge on any atom is 0.222 e. The van der Waals surface area contributed by atoms with Crippen molar-refractivity contribution in [3.63, 3.8) is 0 Å². The fourth-order valence-electron chi connectivity index (χ4n) is 3.41. The lowest BCUT2D eigenvalue weighted by Crippen LogP contribution is -2.40. The van der Waals surface area contributed by atoms with Crippen LogP contribution in [-0.2, 0) is 4.79 Å². The SMILES string of the molecule is C=C(O)C(/C(C)=N\C)C1C(=O)C(c2c(C)nn(-c3ccccc3)c2O)=C1O. The van der Waals surface area contributed by atoms with Crippen LogP contribution >= 0.6 is 0 Å². The standard InChI is InChI=1S/C20H21N3O4/c1-10(21-4)14(12(3)24)16-18(25)17(19(16)26)15-11(2)22-23(20(15)27)13-8-6-5-7-9-13/h5-9,14,16,24-25,27H,3H2,1-2,4H3/b21-10-. The molecule has 1 aromatic heterocycles. The molecule has 0 fully saturated rings. The maximum absolute atomic E-state index is 12.8. The number of aromatic nitrogens is 2. The molecule has 2 aromatic rings. The number of carbonyl (C=O) groups excluding carboxylic acids is 1. The van der Waals surface area contributed by atoms with Crippen LogP contribution in [0.15, 0.2) is 53.4 Å². The van der Waals surface area contributed by atoms with Gasteiger partial charge in [-0.2, -0.15) is 5.10 Å². The van der Waals surface area contributed by atoms with E-state index in [2.05, 4.69) is 16.7 Å². The minimum absolute atomic E-state index is 0.00679. The van der Waals surface area contributed by atoms with Gasteiger partial charge in [-0.05, 0) is 26.0 Å². The summed E-state index contributed by atoms with van der Waals surface area (Å²) in [4.78, 5) is 16.8. The van der Waals surface area contributed by atoms with E-state index in [4.69, 9.17) is 0 Å². The second kappa shape index (κ2) is 6.75. The third-order valence-corrected chi connectivity index (χ3v) is 4.86. The van der Waals surface area contributed by atoms with E-state index in [0.717, 1.165) is 0 Å². The van der Waals surface area contributed by atoms with Crippen molar-refractivity contribution in [3.05, 3.63) is 59.7 Å². The minimum Gasteiger partial charge on any atom is -0.512 e. The fourth-order valence-corrected chi connectivity index (χ4v) is 3.41. The maximum atomic E-state index is 12.8. The summed E-state index contributed by atoms with van der Waals surface area (Å²) in [5, 5.41) is 35.4. The zero-order chi connectivity index (χ0) is 19.9. The average molecular weight is 367 g/mol. The predicted molar refractivity (Wildman–Crippen MR) is 102 cm³/mol. The summed E-state index contributed by atoms with van der Waals surface area (Å²) < 4.78 is 1.31. The van der Waals surface area contributed by atoms with E-state index >= 15 is 0 Å². The largest absolute Gasteiger partial charge is 0.512 e. The van der Waals surface area contributed by atoms with Crippen molar-refractivity contribution in [1.82, 2.24) is 9.78 Å². The van der Waals surface area contributed by atoms with E-state index in [-0.39, 0.29) is 28.5 Å². The molecule has 2 atom stereocenters. The molecular formula is C20H21N3O4. The van der Waals surface area contributed by atoms with Gasteiger partial charge in [-0.15, -0.1) is 0 Å². The first-order valence-electron chi connectivity index (χ1n) is 8.42. The number of benzene rings is 1. The third kappa shape index (κ3) is 2.81. The summed E-state index contributed by atoms with van der Waals surface area (Å²) in [5.74, 6) is -2.87. The second-order valence-electron chi connectivity index (χ2n) is 6.47. The Hall–Kier alpha value is -3.35. The van der Waals surface area contributed by atoms with Crippen LogP contribution in [0.2, 0.25) is 0 Å². The number of aliphatic imine (C=N–C) groups is 1. The van der Waals surface area contributed by atoms with E-state index in [1.54, 1.807) is 38.1 Å². The summed E-state index contributed by atoms with van der Waals surface area (Å²) in [6, 6.07) is 8.98. The molecule has 3 rings (SSSR count). The van der Waals surface area contributed by atoms with Gasteiger partial charge in [0.15, 0.2) is 5.78 Å². The summed E-state index contributed by atoms with van der Waals surface area (Å²) in [6.07, 6.45) is 0. The van der Waals surface area contributed by atoms with Gasteiger partial charge in [0.25, 0.3) is 0 Å². The number of aliphatic hydroxyl groups excluding tert-OH is 2. The smallest absolute Gasteiger partial charge is 0.222 e. The third-order valence-electron chi connectivity index (χ3n) is 4.86. The van der Waals surface area contributed by atoms with Crippen LogP contribution < -0.4 is 0 Å². The lowest BCUT2D eigenvalue weighted by molar-refractivity contribution is -0.120. The molecule has 27 heavy (non-hydrogen) atoms. The van der Waals surface area contributed by atoms with Gasteiger partial charge in [0.1, 0.15) is 5.76 Å². The van der Waals surface area contributed by atoms with Gasteiger partial charge in [0, 0.05) is 12.8 Å². The summed E-state index contributed by atoms with van der Waals surface area (Å²) in [5.41, 5.74) is 1.71. The number of rotatable bonds is 5. The first kappa shape index (κ1) is 18.4. The number of para-hydroxylation sites is 1. The Bertz CT molecular complexity index is 986. The Labute approximate surface area is 156 Å². The van der Waals surface area contributed by atoms with E-state index < -0.39 is 17.6 Å². The van der Waals surface area contributed by atoms with E-state index in [1.807, 2.05) is 6.07 Å². The number of aliphatic hydroxyl groups is 2. The van der Waals surface area contributed by atoms with Gasteiger partial charge in [0.2, 0.25) is 5.88 Å². The van der Waals surface area contributed by atoms with Crippen molar-refractivity contribution in [2.75, 3.05) is 7.05 Å². The van der Waals surface area contributed by atoms with Crippen molar-refractivity contribution in [2.45, 2.75) is 13.8 Å². The quantitative estimate of drug-likeness (QED) is 0.556. The van der Waals surface area contributed by atoms with Crippen LogP contribution in [0.1, 0.15) is 18.2 Å². The molecule has 7 heteroatoms. The first-order valence-corrected chi connectivity index (χ1v) is 8.42. The molecule has 1 aromatic carbocycles. The van der Waals surface area contributed by atoms with E-state index in [9.17, 15) is 20.1 Å². The number of aryl methyl sites for hydroxylation is 1. The second-order valence-corrected chi connectivity index (χ2v) is 6.47. The van der Waals surface area contributed by atoms with E-state index in [0.29, 0.717) is 17.1 Å². The molecular weight excluding hydrogens is 346 g/mol. The Morgan fingerprint density at radius 2 is 1.93 bits per heavy atom. The van der Waals surface area contributed by atoms with Gasteiger partial charge < -0.3 is 15.3 Å². The highest BCUT2D eigenvalue weighted by atomic mass is 16.3. The molecule has 0 saturated heterocycles. The molecule has 0 spiro atoms. The number of hydrogen-bond acceptors (Lipinski definition) is 6. The molecule has 2 unspecified atom stereocenters. The summed E-state index contributed by atoms with van der Waals surface area (Å²) >= 11 is 0. The predicted octanol–water partition coefficient (Wildman–Crippen LogP) is 3.13. The molecule has 0 saturated carbocycles. The number of Topliss-reactive ketones (excluding diaryl/α,β-unsaturated/α-hetero) is 1. The average Bonchev–Trinajstić information content (AvgIpc) is 2.94. The number of hydrogen-bond donors (Lipinski definition) is 3. The fraction of sp³-hybridized carbons (Fsp3) is 0.250. The Balaban J connectivity index is 2.08. The molecule has 0 aliphatic heterocycles. The number of aromatic hydroxyl groups is 1. The normalized spacial score (nSPS) is 18.4. The monoisotopic (exact) mass is 367 g/mol. The number of allylic oxidation sites excluding steroid dienone is 3. The topological polar surface area (TPSA) is 108 Å². The highest BCUT2D eigenvalue weighted by Gasteiger charge is 2.49. The highest BCUT2D eigenvalue weighted by molar-refractivity contribution is 6.31. The molecule has 0 radical (unpaired) electrons. The van der Waals surface area contributed by atoms with Gasteiger partial charge in [-0.3, -0.25) is 9.79 Å². The van der Waals surface area contributed by atoms with Crippen LogP contribution in [0.4, 0.5) is 0 Å². The van der Waals surface area contributed by atoms with Gasteiger partial charge in [-0.25, -0.2) is 4.68 Å². The first-order chi connectivity index (χ1) is 12.8. The van der Waals surface area contributed by atoms with Crippen molar-refractivity contribution >= 4 is 17.1 Å². The van der Waals surface area contributed by atoms with Crippen molar-refractivity contribution < 1.29 is 20.1 Å². The molecule has 3 N–H and O–H groups in total. The Morgan fingerprint density at radius 3 is 2.44 bits per heavy atom. The number of carbonyl (C=O) groups is 1. The van der Waals surface area contributed by atoms with Gasteiger partial charge in [-0.1, -0.05) is 24.8 Å². The molecule has 0 bridgehead atoms. The van der Waals surface area contributed by atoms with Crippen molar-refractivity contribution in [1.29, 1.82) is 0 Å². The number of nitrogens with zero attached hydrogens (tertiary/aromatic N) is 3. The zero-order valence-electron chi connectivity index (χ0n) is 15.3. The van der Waals surface area contributed by atoms with Gasteiger partial charge >= 0.3 is 0 Å². The molecule has 7 nitrogen and oxygen atoms in total. The van der Waals surface area contributed by atoms with Crippen LogP contribution in [0.25, 0.3) is 11.3 Å². The molecule has 140 valence electrons. The van der Waals surface area contributed by atoms with Crippen molar-refractivity contribution in [3.8, 4) is 11.6 Å². The lowest BCUT2D eigenvalue weighted by atomic mass is 9.70. The zero-order valence-corrected chi connectivity index (χ0v) is 15.3. The van der Waals surface area contributed by atoms with E-state index in [1.165, 1.54) is 11.7 Å². The van der Waals surface area contributed by atoms with Gasteiger partial charge in [0.05, 0.1) is 40.1 Å². The molecule has 1 aliphatic rings. The molecule has 1 heterocycles. The van der Waals surface area contributed by atoms with Crippen LogP contribution in [-0.4, -0.2) is 43.6 Å². The minimum atomic E-state index is -0.972. The summed E-state index contributed by atoms with van der Waals surface area (Å²) in [7, 11) is 1.54. The summed E-state index contributed by atoms with van der Waals surface area (Å²) in [6.45, 7) is 6.80. The molecule has 1 aliphatic carbocycles. The van der Waals surface area contributed by atoms with Crippen LogP contribution in [0.3, 0.4) is 0 Å². The molecule has 0 amide bonds. The highest BCUT2D eigenvalue weighted by Crippen LogP contribution is 2.46. The number of ketones is 1. The lowest BCUT2D eigenvalue weighted by Gasteiger charge is -2.33.